The quantitative estimate of drug-likeness (QED) is 0.752. The molecule has 6 heteroatoms. The number of rotatable bonds is 6. The van der Waals surface area contributed by atoms with E-state index in [4.69, 9.17) is 4.74 Å². The molecule has 0 saturated carbocycles. The average Bonchev–Trinajstić information content (AvgIpc) is 3.07. The van der Waals surface area contributed by atoms with E-state index < -0.39 is 0 Å². The van der Waals surface area contributed by atoms with Crippen LogP contribution in [-0.2, 0) is 6.42 Å². The fraction of sp³-hybridized carbons (Fsp3) is 0.286. The molecule has 0 amide bonds. The summed E-state index contributed by atoms with van der Waals surface area (Å²) in [5, 5.41) is 7.46. The molecule has 0 bridgehead atoms. The van der Waals surface area contributed by atoms with Crippen LogP contribution in [0, 0.1) is 0 Å². The molecule has 2 aromatic heterocycles. The maximum absolute atomic E-state index is 5.50. The van der Waals surface area contributed by atoms with Crippen LogP contribution in [0.1, 0.15) is 11.9 Å². The molecular weight excluding hydrogens is 290 g/mol. The van der Waals surface area contributed by atoms with E-state index in [1.165, 1.54) is 0 Å². The van der Waals surface area contributed by atoms with Crippen molar-refractivity contribution in [3.63, 3.8) is 0 Å². The van der Waals surface area contributed by atoms with Crippen LogP contribution in [0.3, 0.4) is 0 Å². The molecule has 0 radical (unpaired) electrons. The molecule has 0 spiro atoms. The first-order valence-electron chi connectivity index (χ1n) is 6.51. The van der Waals surface area contributed by atoms with Crippen molar-refractivity contribution in [2.75, 3.05) is 18.5 Å². The molecule has 4 nitrogen and oxygen atoms in total. The Labute approximate surface area is 125 Å². The Bertz CT molecular complexity index is 679. The van der Waals surface area contributed by atoms with Gasteiger partial charge in [0.25, 0.3) is 0 Å². The second-order valence-electron chi connectivity index (χ2n) is 4.18. The lowest BCUT2D eigenvalue weighted by Gasteiger charge is -2.00. The summed E-state index contributed by atoms with van der Waals surface area (Å²) in [4.78, 5) is 8.83. The van der Waals surface area contributed by atoms with Gasteiger partial charge in [-0.15, -0.1) is 11.3 Å². The number of anilines is 1. The van der Waals surface area contributed by atoms with Crippen molar-refractivity contribution in [1.29, 1.82) is 0 Å². The van der Waals surface area contributed by atoms with Gasteiger partial charge < -0.3 is 10.1 Å². The highest BCUT2D eigenvalue weighted by Gasteiger charge is 2.05. The molecule has 0 aliphatic carbocycles. The van der Waals surface area contributed by atoms with Crippen LogP contribution in [0.15, 0.2) is 29.8 Å². The van der Waals surface area contributed by atoms with E-state index in [1.54, 1.807) is 22.7 Å². The molecule has 2 heterocycles. The molecule has 0 atom stereocenters. The van der Waals surface area contributed by atoms with Crippen molar-refractivity contribution in [3.8, 4) is 5.75 Å². The third-order valence-corrected chi connectivity index (χ3v) is 4.58. The Morgan fingerprint density at radius 1 is 1.35 bits per heavy atom. The molecule has 3 rings (SSSR count). The van der Waals surface area contributed by atoms with Gasteiger partial charge in [0.05, 0.1) is 21.8 Å². The van der Waals surface area contributed by atoms with Crippen molar-refractivity contribution in [2.24, 2.45) is 0 Å². The number of hydrogen-bond acceptors (Lipinski definition) is 6. The fourth-order valence-electron chi connectivity index (χ4n) is 1.89. The monoisotopic (exact) mass is 305 g/mol. The summed E-state index contributed by atoms with van der Waals surface area (Å²) >= 11 is 3.34. The number of nitrogens with one attached hydrogen (secondary N) is 1. The lowest BCUT2D eigenvalue weighted by atomic mass is 10.3. The summed E-state index contributed by atoms with van der Waals surface area (Å²) < 4.78 is 6.65. The van der Waals surface area contributed by atoms with Gasteiger partial charge in [-0.3, -0.25) is 0 Å². The number of ether oxygens (including phenoxy) is 1. The summed E-state index contributed by atoms with van der Waals surface area (Å²) in [7, 11) is 0. The van der Waals surface area contributed by atoms with Crippen molar-refractivity contribution in [3.05, 3.63) is 34.8 Å². The van der Waals surface area contributed by atoms with Crippen LogP contribution in [-0.4, -0.2) is 23.1 Å². The Hall–Kier alpha value is -1.66. The number of nitrogens with zero attached hydrogens (tertiary/aromatic N) is 2. The van der Waals surface area contributed by atoms with Gasteiger partial charge >= 0.3 is 0 Å². The van der Waals surface area contributed by atoms with Crippen LogP contribution >= 0.6 is 22.7 Å². The van der Waals surface area contributed by atoms with E-state index in [1.807, 2.05) is 36.7 Å². The zero-order chi connectivity index (χ0) is 13.8. The second-order valence-corrected chi connectivity index (χ2v) is 6.19. The molecular formula is C14H15N3OS2. The highest BCUT2D eigenvalue weighted by molar-refractivity contribution is 7.22. The fourth-order valence-corrected chi connectivity index (χ4v) is 3.43. The maximum atomic E-state index is 5.50. The van der Waals surface area contributed by atoms with Crippen LogP contribution in [0.5, 0.6) is 5.75 Å². The Morgan fingerprint density at radius 2 is 2.30 bits per heavy atom. The van der Waals surface area contributed by atoms with Gasteiger partial charge in [0.2, 0.25) is 0 Å². The standard InChI is InChI=1S/C14H15N3OS2/c1-2-18-10-3-4-11-12(9-10)20-14(17-11)16-6-5-13-15-7-8-19-13/h3-4,7-9H,2,5-6H2,1H3,(H,16,17). The van der Waals surface area contributed by atoms with Gasteiger partial charge in [0, 0.05) is 24.5 Å². The van der Waals surface area contributed by atoms with Gasteiger partial charge in [-0.1, -0.05) is 11.3 Å². The predicted molar refractivity (Wildman–Crippen MR) is 85.1 cm³/mol. The summed E-state index contributed by atoms with van der Waals surface area (Å²) in [5.74, 6) is 0.901. The lowest BCUT2D eigenvalue weighted by Crippen LogP contribution is -2.03. The minimum Gasteiger partial charge on any atom is -0.494 e. The Balaban J connectivity index is 1.66. The average molecular weight is 305 g/mol. The first kappa shape index (κ1) is 13.3. The maximum Gasteiger partial charge on any atom is 0.183 e. The van der Waals surface area contributed by atoms with E-state index in [0.29, 0.717) is 6.61 Å². The summed E-state index contributed by atoms with van der Waals surface area (Å²) in [6, 6.07) is 6.01. The molecule has 0 unspecified atom stereocenters. The topological polar surface area (TPSA) is 47.0 Å². The Kier molecular flexibility index (Phi) is 4.13. The molecule has 1 N–H and O–H groups in total. The minimum atomic E-state index is 0.684. The van der Waals surface area contributed by atoms with Crippen LogP contribution in [0.4, 0.5) is 5.13 Å². The molecule has 1 aromatic carbocycles. The molecule has 104 valence electrons. The first-order valence-corrected chi connectivity index (χ1v) is 8.20. The highest BCUT2D eigenvalue weighted by Crippen LogP contribution is 2.29. The first-order chi connectivity index (χ1) is 9.85. The summed E-state index contributed by atoms with van der Waals surface area (Å²) in [5.41, 5.74) is 1.01. The number of hydrogen-bond donors (Lipinski definition) is 1. The summed E-state index contributed by atoms with van der Waals surface area (Å²) in [6.07, 6.45) is 2.77. The van der Waals surface area contributed by atoms with Gasteiger partial charge in [0.15, 0.2) is 5.13 Å². The largest absolute Gasteiger partial charge is 0.494 e. The second kappa shape index (κ2) is 6.19. The van der Waals surface area contributed by atoms with E-state index in [-0.39, 0.29) is 0 Å². The minimum absolute atomic E-state index is 0.684. The van der Waals surface area contributed by atoms with Gasteiger partial charge in [-0.2, -0.15) is 0 Å². The van der Waals surface area contributed by atoms with Crippen molar-refractivity contribution in [1.82, 2.24) is 9.97 Å². The predicted octanol–water partition coefficient (Wildman–Crippen LogP) is 3.81. The van der Waals surface area contributed by atoms with Crippen molar-refractivity contribution >= 4 is 38.0 Å². The van der Waals surface area contributed by atoms with Crippen LogP contribution in [0.25, 0.3) is 10.2 Å². The summed E-state index contributed by atoms with van der Waals surface area (Å²) in [6.45, 7) is 3.53. The smallest absolute Gasteiger partial charge is 0.183 e. The van der Waals surface area contributed by atoms with E-state index >= 15 is 0 Å². The zero-order valence-electron chi connectivity index (χ0n) is 11.1. The molecule has 20 heavy (non-hydrogen) atoms. The van der Waals surface area contributed by atoms with Gasteiger partial charge in [-0.25, -0.2) is 9.97 Å². The number of thiazole rings is 2. The van der Waals surface area contributed by atoms with E-state index in [0.717, 1.165) is 39.1 Å². The number of benzene rings is 1. The highest BCUT2D eigenvalue weighted by atomic mass is 32.1. The lowest BCUT2D eigenvalue weighted by molar-refractivity contribution is 0.341. The number of aromatic nitrogens is 2. The van der Waals surface area contributed by atoms with E-state index in [9.17, 15) is 0 Å². The third kappa shape index (κ3) is 3.08. The zero-order valence-corrected chi connectivity index (χ0v) is 12.8. The molecule has 0 aliphatic rings. The molecule has 3 aromatic rings. The normalized spacial score (nSPS) is 10.8. The van der Waals surface area contributed by atoms with E-state index in [2.05, 4.69) is 15.3 Å². The SMILES string of the molecule is CCOc1ccc2nc(NCCc3nccs3)sc2c1. The van der Waals surface area contributed by atoms with Gasteiger partial charge in [-0.05, 0) is 25.1 Å². The van der Waals surface area contributed by atoms with Crippen molar-refractivity contribution < 1.29 is 4.74 Å². The molecule has 0 fully saturated rings. The molecule has 0 saturated heterocycles. The third-order valence-electron chi connectivity index (χ3n) is 2.77. The van der Waals surface area contributed by atoms with Gasteiger partial charge in [0.1, 0.15) is 5.75 Å². The van der Waals surface area contributed by atoms with Crippen molar-refractivity contribution in [2.45, 2.75) is 13.3 Å². The van der Waals surface area contributed by atoms with Crippen LogP contribution in [0.2, 0.25) is 0 Å². The molecule has 0 aliphatic heterocycles. The number of fused-ring (bicyclic) bond motifs is 1. The Morgan fingerprint density at radius 3 is 3.10 bits per heavy atom. The van der Waals surface area contributed by atoms with Crippen LogP contribution < -0.4 is 10.1 Å².